The molecule has 1 aliphatic heterocycles. The number of carbonyl (C=O) groups is 2. The van der Waals surface area contributed by atoms with E-state index in [2.05, 4.69) is 15.5 Å². The van der Waals surface area contributed by atoms with Crippen molar-refractivity contribution in [2.45, 2.75) is 13.5 Å². The lowest BCUT2D eigenvalue weighted by molar-refractivity contribution is -0.132. The van der Waals surface area contributed by atoms with Crippen molar-refractivity contribution < 1.29 is 14.0 Å². The largest absolute Gasteiger partial charge is 0.368 e. The molecular formula is C20H24FN5O3. The number of halogens is 1. The number of nitrogens with zero attached hydrogens (tertiary/aromatic N) is 3. The first-order chi connectivity index (χ1) is 13.9. The Kier molecular flexibility index (Phi) is 6.16. The summed E-state index contributed by atoms with van der Waals surface area (Å²) in [4.78, 5) is 40.7. The molecule has 3 amide bonds. The third kappa shape index (κ3) is 4.74. The number of hydrogen-bond acceptors (Lipinski definition) is 4. The van der Waals surface area contributed by atoms with E-state index in [1.807, 2.05) is 0 Å². The van der Waals surface area contributed by atoms with Crippen LogP contribution < -0.4 is 21.1 Å². The zero-order valence-corrected chi connectivity index (χ0v) is 16.4. The maximum absolute atomic E-state index is 13.1. The fourth-order valence-electron chi connectivity index (χ4n) is 3.25. The molecule has 2 aromatic rings. The maximum atomic E-state index is 13.1. The number of hydrogen-bond donors (Lipinski definition) is 2. The van der Waals surface area contributed by atoms with Crippen LogP contribution in [0, 0.1) is 12.7 Å². The summed E-state index contributed by atoms with van der Waals surface area (Å²) < 4.78 is 14.4. The Morgan fingerprint density at radius 1 is 1.03 bits per heavy atom. The molecule has 3 rings (SSSR count). The van der Waals surface area contributed by atoms with Crippen LogP contribution in [0.3, 0.4) is 0 Å². The van der Waals surface area contributed by atoms with Crippen LogP contribution in [0.5, 0.6) is 0 Å². The molecule has 29 heavy (non-hydrogen) atoms. The molecule has 9 heteroatoms. The van der Waals surface area contributed by atoms with Crippen molar-refractivity contribution in [3.05, 3.63) is 58.3 Å². The van der Waals surface area contributed by atoms with E-state index in [0.717, 1.165) is 5.69 Å². The molecule has 0 atom stereocenters. The normalized spacial score (nSPS) is 13.9. The number of anilines is 2. The number of carbonyl (C=O) groups excluding carboxylic acids is 2. The molecular weight excluding hydrogens is 377 g/mol. The topological polar surface area (TPSA) is 86.7 Å². The molecule has 0 spiro atoms. The van der Waals surface area contributed by atoms with E-state index in [0.29, 0.717) is 31.9 Å². The molecule has 0 aliphatic carbocycles. The minimum absolute atomic E-state index is 0.0928. The van der Waals surface area contributed by atoms with Crippen LogP contribution in [-0.4, -0.2) is 54.6 Å². The third-order valence-electron chi connectivity index (χ3n) is 4.99. The summed E-state index contributed by atoms with van der Waals surface area (Å²) in [7, 11) is 1.46. The first-order valence-electron chi connectivity index (χ1n) is 9.36. The maximum Gasteiger partial charge on any atom is 0.319 e. The number of nitrogens with one attached hydrogen (secondary N) is 2. The first kappa shape index (κ1) is 20.4. The molecule has 2 heterocycles. The van der Waals surface area contributed by atoms with E-state index in [1.54, 1.807) is 30.0 Å². The highest BCUT2D eigenvalue weighted by Crippen LogP contribution is 2.17. The fourth-order valence-corrected chi connectivity index (χ4v) is 3.25. The molecule has 0 bridgehead atoms. The van der Waals surface area contributed by atoms with E-state index in [1.165, 1.54) is 29.8 Å². The summed E-state index contributed by atoms with van der Waals surface area (Å²) >= 11 is 0. The monoisotopic (exact) mass is 401 g/mol. The van der Waals surface area contributed by atoms with Crippen molar-refractivity contribution in [1.82, 2.24) is 14.8 Å². The standard InChI is InChI=1S/C20H24FN5O3/c1-14-3-8-17(23-20(29)22-2)19(28)26(14)13-18(27)25-11-9-24(10-12-25)16-6-4-15(21)5-7-16/h3-8H,9-13H2,1-2H3,(H2,22,23,29). The molecule has 1 aliphatic rings. The van der Waals surface area contributed by atoms with Gasteiger partial charge >= 0.3 is 6.03 Å². The number of aromatic nitrogens is 1. The molecule has 154 valence electrons. The van der Waals surface area contributed by atoms with Crippen LogP contribution in [0.2, 0.25) is 0 Å². The molecule has 1 fully saturated rings. The van der Waals surface area contributed by atoms with Crippen molar-refractivity contribution in [2.24, 2.45) is 0 Å². The summed E-state index contributed by atoms with van der Waals surface area (Å²) in [5.41, 5.74) is 1.24. The molecule has 8 nitrogen and oxygen atoms in total. The summed E-state index contributed by atoms with van der Waals surface area (Å²) in [5, 5.41) is 4.86. The smallest absolute Gasteiger partial charge is 0.319 e. The second-order valence-corrected chi connectivity index (χ2v) is 6.83. The van der Waals surface area contributed by atoms with Crippen molar-refractivity contribution >= 4 is 23.3 Å². The Hall–Kier alpha value is -3.36. The molecule has 1 saturated heterocycles. The Bertz CT molecular complexity index is 950. The van der Waals surface area contributed by atoms with Gasteiger partial charge in [-0.15, -0.1) is 0 Å². The molecule has 0 radical (unpaired) electrons. The van der Waals surface area contributed by atoms with Crippen molar-refractivity contribution in [3.8, 4) is 0 Å². The van der Waals surface area contributed by atoms with Crippen LogP contribution in [0.4, 0.5) is 20.6 Å². The highest BCUT2D eigenvalue weighted by atomic mass is 19.1. The second kappa shape index (κ2) is 8.76. The van der Waals surface area contributed by atoms with E-state index in [9.17, 15) is 18.8 Å². The lowest BCUT2D eigenvalue weighted by Crippen LogP contribution is -2.50. The van der Waals surface area contributed by atoms with Gasteiger partial charge in [-0.25, -0.2) is 9.18 Å². The van der Waals surface area contributed by atoms with E-state index in [4.69, 9.17) is 0 Å². The van der Waals surface area contributed by atoms with E-state index in [-0.39, 0.29) is 24.0 Å². The number of amides is 3. The Morgan fingerprint density at radius 3 is 2.31 bits per heavy atom. The van der Waals surface area contributed by atoms with Gasteiger partial charge in [0.25, 0.3) is 5.56 Å². The van der Waals surface area contributed by atoms with Crippen molar-refractivity contribution in [1.29, 1.82) is 0 Å². The number of aryl methyl sites for hydroxylation is 1. The molecule has 2 N–H and O–H groups in total. The Morgan fingerprint density at radius 2 is 1.69 bits per heavy atom. The van der Waals surface area contributed by atoms with Crippen LogP contribution in [-0.2, 0) is 11.3 Å². The predicted octanol–water partition coefficient (Wildman–Crippen LogP) is 1.40. The minimum Gasteiger partial charge on any atom is -0.368 e. The number of piperazine rings is 1. The van der Waals surface area contributed by atoms with Crippen LogP contribution in [0.1, 0.15) is 5.69 Å². The zero-order valence-electron chi connectivity index (χ0n) is 16.4. The van der Waals surface area contributed by atoms with Crippen molar-refractivity contribution in [3.63, 3.8) is 0 Å². The highest BCUT2D eigenvalue weighted by Gasteiger charge is 2.22. The third-order valence-corrected chi connectivity index (χ3v) is 4.99. The van der Waals surface area contributed by atoms with Gasteiger partial charge in [0.15, 0.2) is 0 Å². The van der Waals surface area contributed by atoms with Gasteiger partial charge in [0.05, 0.1) is 0 Å². The molecule has 1 aromatic heterocycles. The second-order valence-electron chi connectivity index (χ2n) is 6.83. The number of pyridine rings is 1. The van der Waals surface area contributed by atoms with Crippen molar-refractivity contribution in [2.75, 3.05) is 43.4 Å². The molecule has 0 saturated carbocycles. The average molecular weight is 401 g/mol. The number of rotatable bonds is 4. The minimum atomic E-state index is -0.499. The first-order valence-corrected chi connectivity index (χ1v) is 9.36. The lowest BCUT2D eigenvalue weighted by atomic mass is 10.2. The quantitative estimate of drug-likeness (QED) is 0.811. The summed E-state index contributed by atoms with van der Waals surface area (Å²) in [5.74, 6) is -0.442. The highest BCUT2D eigenvalue weighted by molar-refractivity contribution is 5.88. The van der Waals surface area contributed by atoms with E-state index < -0.39 is 11.6 Å². The van der Waals surface area contributed by atoms with Gasteiger partial charge in [0, 0.05) is 44.6 Å². The van der Waals surface area contributed by atoms with Gasteiger partial charge < -0.3 is 25.0 Å². The molecule has 1 aromatic carbocycles. The van der Waals surface area contributed by atoms with Crippen LogP contribution in [0.25, 0.3) is 0 Å². The summed E-state index contributed by atoms with van der Waals surface area (Å²) in [6.45, 7) is 3.93. The SMILES string of the molecule is CNC(=O)Nc1ccc(C)n(CC(=O)N2CCN(c3ccc(F)cc3)CC2)c1=O. The summed E-state index contributed by atoms with van der Waals surface area (Å²) in [6, 6.07) is 8.99. The Balaban J connectivity index is 1.65. The Labute approximate surface area is 167 Å². The number of urea groups is 1. The van der Waals surface area contributed by atoms with Gasteiger partial charge in [-0.2, -0.15) is 0 Å². The fraction of sp³-hybridized carbons (Fsp3) is 0.350. The lowest BCUT2D eigenvalue weighted by Gasteiger charge is -2.36. The number of benzene rings is 1. The van der Waals surface area contributed by atoms with Crippen LogP contribution >= 0.6 is 0 Å². The van der Waals surface area contributed by atoms with Gasteiger partial charge in [-0.1, -0.05) is 0 Å². The van der Waals surface area contributed by atoms with Gasteiger partial charge in [0.1, 0.15) is 18.0 Å². The molecule has 0 unspecified atom stereocenters. The van der Waals surface area contributed by atoms with Gasteiger partial charge in [0.2, 0.25) is 5.91 Å². The van der Waals surface area contributed by atoms with Gasteiger partial charge in [-0.05, 0) is 43.3 Å². The average Bonchev–Trinajstić information content (AvgIpc) is 2.73. The van der Waals surface area contributed by atoms with Crippen LogP contribution in [0.15, 0.2) is 41.2 Å². The summed E-state index contributed by atoms with van der Waals surface area (Å²) in [6.07, 6.45) is 0. The predicted molar refractivity (Wildman–Crippen MR) is 109 cm³/mol. The van der Waals surface area contributed by atoms with Gasteiger partial charge in [-0.3, -0.25) is 9.59 Å². The van der Waals surface area contributed by atoms with E-state index >= 15 is 0 Å². The zero-order chi connectivity index (χ0) is 21.0.